The lowest BCUT2D eigenvalue weighted by Crippen LogP contribution is -2.46. The van der Waals surface area contributed by atoms with E-state index in [0.29, 0.717) is 32.5 Å². The highest BCUT2D eigenvalue weighted by molar-refractivity contribution is 7.88. The van der Waals surface area contributed by atoms with Crippen LogP contribution in [-0.4, -0.2) is 60.9 Å². The topological polar surface area (TPSA) is 96.3 Å². The number of aromatic nitrogens is 2. The summed E-state index contributed by atoms with van der Waals surface area (Å²) in [6.07, 6.45) is 2.60. The fourth-order valence-corrected chi connectivity index (χ4v) is 3.69. The molecule has 8 nitrogen and oxygen atoms in total. The zero-order valence-electron chi connectivity index (χ0n) is 14.1. The Balaban J connectivity index is 1.83. The molecule has 0 aliphatic carbocycles. The van der Waals surface area contributed by atoms with Crippen LogP contribution in [0.2, 0.25) is 0 Å². The highest BCUT2D eigenvalue weighted by Gasteiger charge is 2.23. The van der Waals surface area contributed by atoms with Gasteiger partial charge in [-0.1, -0.05) is 0 Å². The first kappa shape index (κ1) is 17.9. The molecule has 0 radical (unpaired) electrons. The largest absolute Gasteiger partial charge is 0.322 e. The van der Waals surface area contributed by atoms with Crippen molar-refractivity contribution in [2.75, 3.05) is 31.2 Å². The maximum Gasteiger partial charge on any atom is 0.238 e. The quantitative estimate of drug-likeness (QED) is 0.784. The summed E-state index contributed by atoms with van der Waals surface area (Å²) in [7, 11) is -1.32. The molecule has 0 saturated carbocycles. The van der Waals surface area contributed by atoms with Crippen LogP contribution in [0.4, 0.5) is 5.69 Å². The number of carbonyl (C=O) groups is 1. The summed E-state index contributed by atoms with van der Waals surface area (Å²) in [5, 5.41) is 7.20. The summed E-state index contributed by atoms with van der Waals surface area (Å²) in [6, 6.07) is -0.0351. The smallest absolute Gasteiger partial charge is 0.238 e. The van der Waals surface area contributed by atoms with E-state index < -0.39 is 10.0 Å². The molecule has 1 aliphatic heterocycles. The van der Waals surface area contributed by atoms with Crippen LogP contribution in [0.1, 0.15) is 24.2 Å². The van der Waals surface area contributed by atoms with Gasteiger partial charge in [-0.25, -0.2) is 13.1 Å². The minimum absolute atomic E-state index is 0.0351. The van der Waals surface area contributed by atoms with E-state index in [4.69, 9.17) is 0 Å². The molecule has 1 aromatic heterocycles. The van der Waals surface area contributed by atoms with Crippen LogP contribution in [0.25, 0.3) is 0 Å². The van der Waals surface area contributed by atoms with Gasteiger partial charge < -0.3 is 5.32 Å². The number of nitrogens with one attached hydrogen (secondary N) is 2. The van der Waals surface area contributed by atoms with E-state index in [1.165, 1.54) is 6.26 Å². The molecule has 1 amide bonds. The van der Waals surface area contributed by atoms with Crippen LogP contribution in [0, 0.1) is 13.8 Å². The Labute approximate surface area is 137 Å². The second-order valence-corrected chi connectivity index (χ2v) is 7.94. The van der Waals surface area contributed by atoms with Crippen molar-refractivity contribution in [2.45, 2.75) is 32.7 Å². The van der Waals surface area contributed by atoms with Gasteiger partial charge >= 0.3 is 0 Å². The molecule has 130 valence electrons. The van der Waals surface area contributed by atoms with Crippen LogP contribution < -0.4 is 10.0 Å². The SMILES string of the molecule is Cc1nn(C)c(C)c1NC(=O)CN1CCC(NS(C)(=O)=O)CC1. The minimum Gasteiger partial charge on any atom is -0.322 e. The second-order valence-electron chi connectivity index (χ2n) is 6.16. The van der Waals surface area contributed by atoms with Crippen LogP contribution >= 0.6 is 0 Å². The second kappa shape index (κ2) is 6.98. The van der Waals surface area contributed by atoms with Gasteiger partial charge in [0, 0.05) is 26.2 Å². The molecule has 0 atom stereocenters. The van der Waals surface area contributed by atoms with Gasteiger partial charge in [-0.15, -0.1) is 0 Å². The molecule has 0 spiro atoms. The molecule has 0 bridgehead atoms. The van der Waals surface area contributed by atoms with Crippen LogP contribution in [0.15, 0.2) is 0 Å². The van der Waals surface area contributed by atoms with E-state index >= 15 is 0 Å². The van der Waals surface area contributed by atoms with E-state index in [0.717, 1.165) is 17.1 Å². The van der Waals surface area contributed by atoms with Crippen molar-refractivity contribution in [3.8, 4) is 0 Å². The van der Waals surface area contributed by atoms with Crippen molar-refractivity contribution in [1.82, 2.24) is 19.4 Å². The first-order chi connectivity index (χ1) is 10.7. The van der Waals surface area contributed by atoms with Crippen molar-refractivity contribution < 1.29 is 13.2 Å². The molecular weight excluding hydrogens is 318 g/mol. The number of piperidine rings is 1. The first-order valence-corrected chi connectivity index (χ1v) is 9.54. The number of likely N-dealkylation sites (tertiary alicyclic amines) is 1. The molecule has 2 rings (SSSR count). The van der Waals surface area contributed by atoms with Crippen molar-refractivity contribution in [2.24, 2.45) is 7.05 Å². The Bertz CT molecular complexity index is 675. The maximum atomic E-state index is 12.2. The minimum atomic E-state index is -3.17. The van der Waals surface area contributed by atoms with Crippen molar-refractivity contribution in [3.05, 3.63) is 11.4 Å². The molecule has 1 aliphatic rings. The number of carbonyl (C=O) groups excluding carboxylic acids is 1. The standard InChI is InChI=1S/C14H25N5O3S/c1-10-14(11(2)18(3)16-10)15-13(20)9-19-7-5-12(6-8-19)17-23(4,21)22/h12,17H,5-9H2,1-4H3,(H,15,20). The molecule has 0 unspecified atom stereocenters. The zero-order chi connectivity index (χ0) is 17.2. The summed E-state index contributed by atoms with van der Waals surface area (Å²) in [6.45, 7) is 5.49. The monoisotopic (exact) mass is 343 g/mol. The summed E-state index contributed by atoms with van der Waals surface area (Å²) in [5.74, 6) is -0.0706. The van der Waals surface area contributed by atoms with Crippen LogP contribution in [-0.2, 0) is 21.9 Å². The molecule has 0 aromatic carbocycles. The van der Waals surface area contributed by atoms with Gasteiger partial charge in [0.1, 0.15) is 0 Å². The lowest BCUT2D eigenvalue weighted by Gasteiger charge is -2.31. The summed E-state index contributed by atoms with van der Waals surface area (Å²) >= 11 is 0. The van der Waals surface area contributed by atoms with Gasteiger partial charge in [0.2, 0.25) is 15.9 Å². The van der Waals surface area contributed by atoms with E-state index in [9.17, 15) is 13.2 Å². The van der Waals surface area contributed by atoms with Crippen molar-refractivity contribution >= 4 is 21.6 Å². The Hall–Kier alpha value is -1.45. The average molecular weight is 343 g/mol. The Morgan fingerprint density at radius 1 is 1.30 bits per heavy atom. The van der Waals surface area contributed by atoms with Gasteiger partial charge in [0.25, 0.3) is 0 Å². The number of nitrogens with zero attached hydrogens (tertiary/aromatic N) is 3. The normalized spacial score (nSPS) is 17.4. The zero-order valence-corrected chi connectivity index (χ0v) is 14.9. The van der Waals surface area contributed by atoms with Crippen molar-refractivity contribution in [3.63, 3.8) is 0 Å². The van der Waals surface area contributed by atoms with Gasteiger partial charge in [0.15, 0.2) is 0 Å². The average Bonchev–Trinajstić information content (AvgIpc) is 2.66. The van der Waals surface area contributed by atoms with Crippen LogP contribution in [0.5, 0.6) is 0 Å². The fourth-order valence-electron chi connectivity index (χ4n) is 2.85. The molecule has 2 heterocycles. The lowest BCUT2D eigenvalue weighted by atomic mass is 10.1. The third-order valence-electron chi connectivity index (χ3n) is 4.11. The number of amides is 1. The Morgan fingerprint density at radius 2 is 1.91 bits per heavy atom. The molecule has 2 N–H and O–H groups in total. The number of aryl methyl sites for hydroxylation is 2. The summed E-state index contributed by atoms with van der Waals surface area (Å²) < 4.78 is 26.8. The molecule has 9 heteroatoms. The summed E-state index contributed by atoms with van der Waals surface area (Å²) in [4.78, 5) is 14.2. The summed E-state index contributed by atoms with van der Waals surface area (Å²) in [5.41, 5.74) is 2.49. The van der Waals surface area contributed by atoms with Gasteiger partial charge in [-0.05, 0) is 26.7 Å². The molecule has 23 heavy (non-hydrogen) atoms. The molecule has 1 fully saturated rings. The Morgan fingerprint density at radius 3 is 2.39 bits per heavy atom. The molecule has 1 saturated heterocycles. The predicted molar refractivity (Wildman–Crippen MR) is 88.8 cm³/mol. The molecular formula is C14H25N5O3S. The molecule has 1 aromatic rings. The van der Waals surface area contributed by atoms with Crippen LogP contribution in [0.3, 0.4) is 0 Å². The Kier molecular flexibility index (Phi) is 5.43. The lowest BCUT2D eigenvalue weighted by molar-refractivity contribution is -0.117. The van der Waals surface area contributed by atoms with Gasteiger partial charge in [-0.3, -0.25) is 14.4 Å². The van der Waals surface area contributed by atoms with Gasteiger partial charge in [0.05, 0.1) is 29.9 Å². The third kappa shape index (κ3) is 5.02. The highest BCUT2D eigenvalue weighted by atomic mass is 32.2. The number of hydrogen-bond donors (Lipinski definition) is 2. The third-order valence-corrected chi connectivity index (χ3v) is 4.87. The number of sulfonamides is 1. The highest BCUT2D eigenvalue weighted by Crippen LogP contribution is 2.18. The van der Waals surface area contributed by atoms with E-state index in [1.807, 2.05) is 25.8 Å². The maximum absolute atomic E-state index is 12.2. The first-order valence-electron chi connectivity index (χ1n) is 7.65. The fraction of sp³-hybridized carbons (Fsp3) is 0.714. The van der Waals surface area contributed by atoms with Crippen molar-refractivity contribution in [1.29, 1.82) is 0 Å². The van der Waals surface area contributed by atoms with E-state index in [1.54, 1.807) is 4.68 Å². The van der Waals surface area contributed by atoms with Gasteiger partial charge in [-0.2, -0.15) is 5.10 Å². The predicted octanol–water partition coefficient (Wildman–Crippen LogP) is -0.0110. The number of anilines is 1. The van der Waals surface area contributed by atoms with E-state index in [-0.39, 0.29) is 11.9 Å². The number of rotatable bonds is 5. The number of hydrogen-bond acceptors (Lipinski definition) is 5. The van der Waals surface area contributed by atoms with E-state index in [2.05, 4.69) is 15.1 Å².